The molecule has 1 aliphatic carbocycles. The van der Waals surface area contributed by atoms with Gasteiger partial charge in [0.2, 0.25) is 0 Å². The molecule has 0 atom stereocenters. The molecule has 5 nitrogen and oxygen atoms in total. The van der Waals surface area contributed by atoms with E-state index in [4.69, 9.17) is 5.11 Å². The summed E-state index contributed by atoms with van der Waals surface area (Å²) in [6.07, 6.45) is 1.18. The van der Waals surface area contributed by atoms with Crippen molar-refractivity contribution in [1.29, 1.82) is 0 Å². The molecule has 0 fully saturated rings. The fraction of sp³-hybridized carbons (Fsp3) is 0.200. The van der Waals surface area contributed by atoms with Gasteiger partial charge in [0, 0.05) is 11.1 Å². The first-order valence-corrected chi connectivity index (χ1v) is 8.46. The van der Waals surface area contributed by atoms with E-state index in [9.17, 15) is 22.8 Å². The van der Waals surface area contributed by atoms with Crippen molar-refractivity contribution in [1.82, 2.24) is 0 Å². The maximum Gasteiger partial charge on any atom is 0.387 e. The summed E-state index contributed by atoms with van der Waals surface area (Å²) in [5, 5.41) is 11.5. The monoisotopic (exact) mass is 391 g/mol. The number of anilines is 1. The van der Waals surface area contributed by atoms with Crippen LogP contribution in [0.1, 0.15) is 19.3 Å². The van der Waals surface area contributed by atoms with Crippen LogP contribution in [-0.4, -0.2) is 23.6 Å². The van der Waals surface area contributed by atoms with Crippen molar-refractivity contribution in [3.05, 3.63) is 59.4 Å². The quantitative estimate of drug-likeness (QED) is 0.755. The molecule has 0 spiro atoms. The fourth-order valence-corrected chi connectivity index (χ4v) is 3.08. The highest BCUT2D eigenvalue weighted by Crippen LogP contribution is 2.30. The van der Waals surface area contributed by atoms with E-state index in [-0.39, 0.29) is 22.6 Å². The minimum absolute atomic E-state index is 0.0466. The summed E-state index contributed by atoms with van der Waals surface area (Å²) in [5.74, 6) is -2.58. The first kappa shape index (κ1) is 19.5. The van der Waals surface area contributed by atoms with E-state index in [1.807, 2.05) is 0 Å². The Kier molecular flexibility index (Phi) is 5.67. The number of alkyl halides is 2. The van der Waals surface area contributed by atoms with Gasteiger partial charge in [0.05, 0.1) is 5.69 Å². The molecular formula is C20H16F3NO4. The lowest BCUT2D eigenvalue weighted by molar-refractivity contribution is -0.133. The molecule has 1 aliphatic rings. The van der Waals surface area contributed by atoms with Crippen LogP contribution in [0.5, 0.6) is 5.75 Å². The van der Waals surface area contributed by atoms with Crippen LogP contribution in [-0.2, 0) is 9.59 Å². The average Bonchev–Trinajstić information content (AvgIpc) is 3.13. The van der Waals surface area contributed by atoms with Crippen LogP contribution in [0.25, 0.3) is 11.1 Å². The Morgan fingerprint density at radius 1 is 1.04 bits per heavy atom. The molecular weight excluding hydrogens is 375 g/mol. The number of halogens is 3. The second kappa shape index (κ2) is 8.16. The highest BCUT2D eigenvalue weighted by atomic mass is 19.3. The van der Waals surface area contributed by atoms with E-state index in [0.29, 0.717) is 30.4 Å². The van der Waals surface area contributed by atoms with Crippen molar-refractivity contribution in [3.63, 3.8) is 0 Å². The summed E-state index contributed by atoms with van der Waals surface area (Å²) >= 11 is 0. The van der Waals surface area contributed by atoms with Gasteiger partial charge in [-0.3, -0.25) is 4.79 Å². The zero-order valence-electron chi connectivity index (χ0n) is 14.5. The average molecular weight is 391 g/mol. The molecule has 8 heteroatoms. The lowest BCUT2D eigenvalue weighted by Crippen LogP contribution is -2.17. The summed E-state index contributed by atoms with van der Waals surface area (Å²) in [6.45, 7) is -2.97. The molecule has 0 aromatic heterocycles. The number of carbonyl (C=O) groups is 2. The first-order chi connectivity index (χ1) is 13.3. The van der Waals surface area contributed by atoms with Crippen molar-refractivity contribution in [2.24, 2.45) is 0 Å². The Morgan fingerprint density at radius 3 is 2.43 bits per heavy atom. The zero-order chi connectivity index (χ0) is 20.3. The number of carboxylic acids is 1. The predicted octanol–water partition coefficient (Wildman–Crippen LogP) is 4.60. The lowest BCUT2D eigenvalue weighted by atomic mass is 10.0. The van der Waals surface area contributed by atoms with E-state index < -0.39 is 24.3 Å². The van der Waals surface area contributed by atoms with Gasteiger partial charge in [-0.2, -0.15) is 8.78 Å². The molecule has 3 rings (SSSR count). The van der Waals surface area contributed by atoms with E-state index in [2.05, 4.69) is 10.1 Å². The summed E-state index contributed by atoms with van der Waals surface area (Å²) in [6, 6.07) is 9.81. The Balaban J connectivity index is 1.81. The molecule has 146 valence electrons. The summed E-state index contributed by atoms with van der Waals surface area (Å²) < 4.78 is 43.5. The standard InChI is InChI=1S/C20H16F3NO4/c21-16-10-12(11-3-1-4-13(9-11)28-20(22)23)7-8-17(16)24-18(25)14-5-2-6-15(14)19(26)27/h1,3-4,7-10,20H,2,5-6H2,(H,24,25)(H,26,27). The van der Waals surface area contributed by atoms with E-state index in [1.54, 1.807) is 6.07 Å². The second-order valence-corrected chi connectivity index (χ2v) is 6.17. The van der Waals surface area contributed by atoms with E-state index in [1.165, 1.54) is 30.3 Å². The third-order valence-corrected chi connectivity index (χ3v) is 4.36. The summed E-state index contributed by atoms with van der Waals surface area (Å²) in [7, 11) is 0. The van der Waals surface area contributed by atoms with Crippen LogP contribution in [0, 0.1) is 5.82 Å². The molecule has 0 heterocycles. The number of hydrogen-bond acceptors (Lipinski definition) is 3. The largest absolute Gasteiger partial charge is 0.478 e. The smallest absolute Gasteiger partial charge is 0.387 e. The van der Waals surface area contributed by atoms with Crippen LogP contribution in [0.2, 0.25) is 0 Å². The molecule has 0 unspecified atom stereocenters. The van der Waals surface area contributed by atoms with Gasteiger partial charge in [-0.05, 0) is 54.7 Å². The Bertz CT molecular complexity index is 956. The Hall–Kier alpha value is -3.29. The fourth-order valence-electron chi connectivity index (χ4n) is 3.08. The second-order valence-electron chi connectivity index (χ2n) is 6.17. The molecule has 2 aromatic carbocycles. The van der Waals surface area contributed by atoms with Crippen molar-refractivity contribution in [3.8, 4) is 16.9 Å². The first-order valence-electron chi connectivity index (χ1n) is 8.46. The number of amides is 1. The van der Waals surface area contributed by atoms with Crippen LogP contribution >= 0.6 is 0 Å². The molecule has 2 aromatic rings. The van der Waals surface area contributed by atoms with Gasteiger partial charge in [0.25, 0.3) is 5.91 Å². The van der Waals surface area contributed by atoms with Crippen molar-refractivity contribution < 1.29 is 32.6 Å². The number of rotatable bonds is 6. The van der Waals surface area contributed by atoms with Crippen LogP contribution in [0.3, 0.4) is 0 Å². The molecule has 0 radical (unpaired) electrons. The SMILES string of the molecule is O=C(O)C1=C(C(=O)Nc2ccc(-c3cccc(OC(F)F)c3)cc2F)CCC1. The third kappa shape index (κ3) is 4.33. The minimum Gasteiger partial charge on any atom is -0.478 e. The molecule has 2 N–H and O–H groups in total. The van der Waals surface area contributed by atoms with E-state index in [0.717, 1.165) is 6.07 Å². The van der Waals surface area contributed by atoms with Crippen molar-refractivity contribution in [2.75, 3.05) is 5.32 Å². The van der Waals surface area contributed by atoms with Crippen LogP contribution in [0.15, 0.2) is 53.6 Å². The maximum atomic E-state index is 14.5. The highest BCUT2D eigenvalue weighted by molar-refractivity contribution is 6.09. The van der Waals surface area contributed by atoms with Gasteiger partial charge in [-0.1, -0.05) is 18.2 Å². The summed E-state index contributed by atoms with van der Waals surface area (Å²) in [5.41, 5.74) is 0.958. The number of benzene rings is 2. The predicted molar refractivity (Wildman–Crippen MR) is 95.6 cm³/mol. The van der Waals surface area contributed by atoms with Gasteiger partial charge in [0.15, 0.2) is 0 Å². The van der Waals surface area contributed by atoms with Gasteiger partial charge in [-0.15, -0.1) is 0 Å². The van der Waals surface area contributed by atoms with Gasteiger partial charge < -0.3 is 15.2 Å². The van der Waals surface area contributed by atoms with Crippen LogP contribution < -0.4 is 10.1 Å². The molecule has 0 bridgehead atoms. The number of aliphatic carboxylic acids is 1. The Morgan fingerprint density at radius 2 is 1.75 bits per heavy atom. The zero-order valence-corrected chi connectivity index (χ0v) is 14.5. The number of nitrogens with one attached hydrogen (secondary N) is 1. The highest BCUT2D eigenvalue weighted by Gasteiger charge is 2.25. The van der Waals surface area contributed by atoms with Crippen LogP contribution in [0.4, 0.5) is 18.9 Å². The lowest BCUT2D eigenvalue weighted by Gasteiger charge is -2.11. The number of ether oxygens (including phenoxy) is 1. The van der Waals surface area contributed by atoms with E-state index >= 15 is 0 Å². The number of hydrogen-bond donors (Lipinski definition) is 2. The normalized spacial score (nSPS) is 13.7. The molecule has 1 amide bonds. The molecule has 28 heavy (non-hydrogen) atoms. The molecule has 0 saturated heterocycles. The van der Waals surface area contributed by atoms with Gasteiger partial charge in [0.1, 0.15) is 11.6 Å². The molecule has 0 aliphatic heterocycles. The maximum absolute atomic E-state index is 14.5. The Labute approximate surface area is 158 Å². The third-order valence-electron chi connectivity index (χ3n) is 4.36. The summed E-state index contributed by atoms with van der Waals surface area (Å²) in [4.78, 5) is 23.5. The number of carbonyl (C=O) groups excluding carboxylic acids is 1. The van der Waals surface area contributed by atoms with Gasteiger partial charge >= 0.3 is 12.6 Å². The molecule has 0 saturated carbocycles. The van der Waals surface area contributed by atoms with Gasteiger partial charge in [-0.25, -0.2) is 9.18 Å². The van der Waals surface area contributed by atoms with Crippen molar-refractivity contribution >= 4 is 17.6 Å². The number of carboxylic acid groups (broad SMARTS) is 1. The van der Waals surface area contributed by atoms with Crippen molar-refractivity contribution in [2.45, 2.75) is 25.9 Å². The minimum atomic E-state index is -2.97. The topological polar surface area (TPSA) is 75.6 Å².